The van der Waals surface area contributed by atoms with Gasteiger partial charge in [-0.05, 0) is 78.6 Å². The summed E-state index contributed by atoms with van der Waals surface area (Å²) >= 11 is 0. The van der Waals surface area contributed by atoms with Crippen LogP contribution in [-0.2, 0) is 5.16 Å². The highest BCUT2D eigenvalue weighted by Crippen LogP contribution is 2.70. The van der Waals surface area contributed by atoms with Crippen LogP contribution in [-0.4, -0.2) is 42.2 Å². The van der Waals surface area contributed by atoms with Crippen LogP contribution in [0.2, 0.25) is 44.8 Å². The van der Waals surface area contributed by atoms with Gasteiger partial charge in [-0.1, -0.05) is 50.6 Å². The molecule has 3 atom stereocenters. The van der Waals surface area contributed by atoms with Crippen molar-refractivity contribution >= 4 is 34.6 Å². The molecule has 2 aromatic heterocycles. The zero-order valence-electron chi connectivity index (χ0n) is 24.6. The predicted octanol–water partition coefficient (Wildman–Crippen LogP) is 7.53. The van der Waals surface area contributed by atoms with Gasteiger partial charge in [-0.3, -0.25) is 19.9 Å². The number of aromatic nitrogens is 4. The van der Waals surface area contributed by atoms with Crippen molar-refractivity contribution in [1.82, 2.24) is 19.9 Å². The smallest absolute Gasteiger partial charge is 0.0964 e. The Kier molecular flexibility index (Phi) is 7.02. The standard InChI is InChI=1S/C31H46N4P2Si2/c1-38(2,3)25-16-24(31(37,26-17-32-7-9-34-26)27-18-33-8-10-35-27)28(29(25)39(4,5)6)30(19-36)22-12-20-11-21(14-22)15-23(30)13-20/h7-10,16-18,20-23,25H,11-15,19,36-37H2,1-6H3. The Balaban J connectivity index is 1.69. The predicted molar refractivity (Wildman–Crippen MR) is 174 cm³/mol. The zero-order chi connectivity index (χ0) is 27.8. The van der Waals surface area contributed by atoms with Crippen molar-refractivity contribution in [3.63, 3.8) is 0 Å². The molecule has 4 bridgehead atoms. The topological polar surface area (TPSA) is 51.6 Å². The summed E-state index contributed by atoms with van der Waals surface area (Å²) in [5.74, 6) is 3.43. The number of rotatable bonds is 7. The van der Waals surface area contributed by atoms with Crippen LogP contribution in [0.15, 0.2) is 59.6 Å². The van der Waals surface area contributed by atoms with Gasteiger partial charge < -0.3 is 0 Å². The lowest BCUT2D eigenvalue weighted by Crippen LogP contribution is -2.56. The average molecular weight is 593 g/mol. The van der Waals surface area contributed by atoms with E-state index in [1.165, 1.54) is 37.7 Å². The fraction of sp³-hybridized carbons (Fsp3) is 0.613. The number of allylic oxidation sites excluding steroid dienone is 4. The van der Waals surface area contributed by atoms with Crippen LogP contribution in [0.25, 0.3) is 0 Å². The van der Waals surface area contributed by atoms with Gasteiger partial charge in [0.2, 0.25) is 0 Å². The maximum Gasteiger partial charge on any atom is 0.0964 e. The second kappa shape index (κ2) is 9.75. The highest BCUT2D eigenvalue weighted by molar-refractivity contribution is 7.19. The third-order valence-corrected chi connectivity index (χ3v) is 17.0. The lowest BCUT2D eigenvalue weighted by molar-refractivity contribution is -0.0737. The summed E-state index contributed by atoms with van der Waals surface area (Å²) in [5.41, 5.74) is 5.83. The lowest BCUT2D eigenvalue weighted by Gasteiger charge is -2.63. The van der Waals surface area contributed by atoms with E-state index in [9.17, 15) is 0 Å². The molecule has 208 valence electrons. The Morgan fingerprint density at radius 2 is 1.33 bits per heavy atom. The Hall–Kier alpha value is -1.07. The molecule has 7 rings (SSSR count). The second-order valence-electron chi connectivity index (χ2n) is 15.0. The van der Waals surface area contributed by atoms with E-state index in [0.29, 0.717) is 5.54 Å². The van der Waals surface area contributed by atoms with Crippen molar-refractivity contribution in [1.29, 1.82) is 0 Å². The number of nitrogens with zero attached hydrogens (tertiary/aromatic N) is 4. The van der Waals surface area contributed by atoms with Crippen LogP contribution in [0.5, 0.6) is 0 Å². The molecule has 4 fully saturated rings. The van der Waals surface area contributed by atoms with E-state index in [0.717, 1.165) is 41.2 Å². The molecule has 0 radical (unpaired) electrons. The lowest BCUT2D eigenvalue weighted by atomic mass is 9.43. The first kappa shape index (κ1) is 28.1. The zero-order valence-corrected chi connectivity index (χ0v) is 28.9. The third-order valence-electron chi connectivity index (χ3n) is 10.7. The van der Waals surface area contributed by atoms with Gasteiger partial charge in [-0.25, -0.2) is 0 Å². The van der Waals surface area contributed by atoms with Crippen molar-refractivity contribution in [2.45, 2.75) is 82.1 Å². The van der Waals surface area contributed by atoms with Crippen molar-refractivity contribution in [3.8, 4) is 0 Å². The minimum Gasteiger partial charge on any atom is -0.261 e. The van der Waals surface area contributed by atoms with Crippen molar-refractivity contribution in [3.05, 3.63) is 71.0 Å². The molecule has 4 nitrogen and oxygen atoms in total. The largest absolute Gasteiger partial charge is 0.261 e. The molecule has 3 unspecified atom stereocenters. The van der Waals surface area contributed by atoms with Crippen LogP contribution >= 0.6 is 18.5 Å². The Morgan fingerprint density at radius 3 is 1.72 bits per heavy atom. The highest BCUT2D eigenvalue weighted by Gasteiger charge is 2.62. The fourth-order valence-corrected chi connectivity index (χ4v) is 17.1. The van der Waals surface area contributed by atoms with Crippen LogP contribution in [0.3, 0.4) is 0 Å². The van der Waals surface area contributed by atoms with Gasteiger partial charge in [-0.15, -0.1) is 18.5 Å². The van der Waals surface area contributed by atoms with Gasteiger partial charge in [0.1, 0.15) is 0 Å². The van der Waals surface area contributed by atoms with Crippen molar-refractivity contribution < 1.29 is 0 Å². The van der Waals surface area contributed by atoms with E-state index in [1.54, 1.807) is 18.0 Å². The SMILES string of the molecule is C[Si](C)(C)C1=C(C2(CP)C3CC4CC(C3)CC2C4)C(C(P)(c2cnccn2)c2cnccn2)=CC1[Si](C)(C)C. The number of hydrogen-bond donors (Lipinski definition) is 0. The van der Waals surface area contributed by atoms with E-state index in [1.807, 2.05) is 30.0 Å². The summed E-state index contributed by atoms with van der Waals surface area (Å²) in [4.78, 5) is 19.1. The van der Waals surface area contributed by atoms with Crippen molar-refractivity contribution in [2.75, 3.05) is 6.16 Å². The molecule has 2 heterocycles. The first-order valence-electron chi connectivity index (χ1n) is 14.9. The molecule has 5 aliphatic carbocycles. The van der Waals surface area contributed by atoms with Crippen molar-refractivity contribution in [2.24, 2.45) is 29.1 Å². The summed E-state index contributed by atoms with van der Waals surface area (Å²) in [6, 6.07) is 0. The average Bonchev–Trinajstić information content (AvgIpc) is 3.32. The molecule has 0 saturated heterocycles. The van der Waals surface area contributed by atoms with Crippen LogP contribution < -0.4 is 0 Å². The van der Waals surface area contributed by atoms with Crippen LogP contribution in [0.1, 0.15) is 43.5 Å². The van der Waals surface area contributed by atoms with Gasteiger partial charge in [0, 0.05) is 30.2 Å². The quantitative estimate of drug-likeness (QED) is 0.246. The van der Waals surface area contributed by atoms with Gasteiger partial charge in [0.25, 0.3) is 0 Å². The molecule has 8 heteroatoms. The van der Waals surface area contributed by atoms with E-state index >= 15 is 0 Å². The van der Waals surface area contributed by atoms with E-state index in [2.05, 4.69) is 73.8 Å². The summed E-state index contributed by atoms with van der Waals surface area (Å²) in [7, 11) is 3.24. The Morgan fingerprint density at radius 1 is 0.821 bits per heavy atom. The van der Waals surface area contributed by atoms with E-state index in [-0.39, 0.29) is 5.41 Å². The molecule has 4 saturated carbocycles. The molecule has 2 aromatic rings. The molecule has 0 aliphatic heterocycles. The molecule has 5 aliphatic rings. The maximum absolute atomic E-state index is 4.97. The first-order valence-corrected chi connectivity index (χ1v) is 23.4. The molecule has 0 N–H and O–H groups in total. The van der Waals surface area contributed by atoms with E-state index in [4.69, 9.17) is 9.97 Å². The molecule has 39 heavy (non-hydrogen) atoms. The summed E-state index contributed by atoms with van der Waals surface area (Å²) in [5, 5.41) is 1.25. The Bertz CT molecular complexity index is 1230. The van der Waals surface area contributed by atoms with Crippen LogP contribution in [0.4, 0.5) is 0 Å². The van der Waals surface area contributed by atoms with Gasteiger partial charge in [-0.2, -0.15) is 0 Å². The second-order valence-corrected chi connectivity index (χ2v) is 26.7. The monoisotopic (exact) mass is 592 g/mol. The third kappa shape index (κ3) is 4.34. The number of hydrogen-bond acceptors (Lipinski definition) is 4. The normalized spacial score (nSPS) is 32.6. The molecule has 0 spiro atoms. The Labute approximate surface area is 242 Å². The maximum atomic E-state index is 4.97. The fourth-order valence-electron chi connectivity index (χ4n) is 9.27. The minimum absolute atomic E-state index is 0.209. The minimum atomic E-state index is -1.71. The van der Waals surface area contributed by atoms with Crippen LogP contribution in [0, 0.1) is 29.1 Å². The van der Waals surface area contributed by atoms with Gasteiger partial charge >= 0.3 is 0 Å². The van der Waals surface area contributed by atoms with Gasteiger partial charge in [0.05, 0.1) is 45.1 Å². The first-order chi connectivity index (χ1) is 18.4. The summed E-state index contributed by atoms with van der Waals surface area (Å²) in [6.07, 6.45) is 22.2. The summed E-state index contributed by atoms with van der Waals surface area (Å²) in [6.45, 7) is 15.5. The highest BCUT2D eigenvalue weighted by atomic mass is 31.0. The molecular formula is C31H46N4P2Si2. The molecule has 0 amide bonds. The van der Waals surface area contributed by atoms with E-state index < -0.39 is 21.3 Å². The van der Waals surface area contributed by atoms with Gasteiger partial charge in [0.15, 0.2) is 0 Å². The summed E-state index contributed by atoms with van der Waals surface area (Å²) < 4.78 is 0. The molecule has 0 aromatic carbocycles. The molecular weight excluding hydrogens is 546 g/mol.